The number of carbonyl (C=O) groups excluding carboxylic acids is 1. The molecule has 0 saturated heterocycles. The van der Waals surface area contributed by atoms with Gasteiger partial charge in [-0.3, -0.25) is 4.79 Å². The van der Waals surface area contributed by atoms with Gasteiger partial charge in [0.2, 0.25) is 0 Å². The molecule has 1 unspecified atom stereocenters. The summed E-state index contributed by atoms with van der Waals surface area (Å²) >= 11 is 0. The van der Waals surface area contributed by atoms with Crippen molar-refractivity contribution >= 4 is 17.3 Å². The highest BCUT2D eigenvalue weighted by Gasteiger charge is 2.10. The van der Waals surface area contributed by atoms with Gasteiger partial charge >= 0.3 is 0 Å². The first kappa shape index (κ1) is 15.4. The highest BCUT2D eigenvalue weighted by molar-refractivity contribution is 6.04. The van der Waals surface area contributed by atoms with E-state index in [2.05, 4.69) is 16.7 Å². The molecule has 0 aromatic heterocycles. The number of hydrogen-bond acceptors (Lipinski definition) is 4. The maximum Gasteiger partial charge on any atom is 0.255 e. The fourth-order valence-corrected chi connectivity index (χ4v) is 1.96. The maximum atomic E-state index is 12.1. The van der Waals surface area contributed by atoms with E-state index >= 15 is 0 Å². The molecule has 5 nitrogen and oxygen atoms in total. The Morgan fingerprint density at radius 2 is 1.95 bits per heavy atom. The van der Waals surface area contributed by atoms with E-state index in [-0.39, 0.29) is 11.9 Å². The zero-order chi connectivity index (χ0) is 15.9. The van der Waals surface area contributed by atoms with E-state index in [1.54, 1.807) is 44.4 Å². The summed E-state index contributed by atoms with van der Waals surface area (Å²) in [6.45, 7) is 1.74. The van der Waals surface area contributed by atoms with E-state index in [4.69, 9.17) is 10.00 Å². The largest absolute Gasteiger partial charge is 0.495 e. The fraction of sp³-hybridized carbons (Fsp3) is 0.176. The molecular weight excluding hydrogens is 278 g/mol. The zero-order valence-electron chi connectivity index (χ0n) is 12.5. The average molecular weight is 295 g/mol. The van der Waals surface area contributed by atoms with E-state index in [0.717, 1.165) is 0 Å². The van der Waals surface area contributed by atoms with E-state index in [1.165, 1.54) is 0 Å². The molecule has 0 spiro atoms. The van der Waals surface area contributed by atoms with Crippen LogP contribution in [-0.4, -0.2) is 19.1 Å². The first-order chi connectivity index (χ1) is 10.6. The third-order valence-electron chi connectivity index (χ3n) is 3.06. The Morgan fingerprint density at radius 1 is 1.23 bits per heavy atom. The van der Waals surface area contributed by atoms with E-state index in [1.807, 2.05) is 18.2 Å². The number of hydrogen-bond donors (Lipinski definition) is 2. The van der Waals surface area contributed by atoms with Crippen LogP contribution in [0.5, 0.6) is 5.75 Å². The van der Waals surface area contributed by atoms with Gasteiger partial charge in [-0.2, -0.15) is 5.26 Å². The van der Waals surface area contributed by atoms with Crippen molar-refractivity contribution in [1.29, 1.82) is 5.26 Å². The summed E-state index contributed by atoms with van der Waals surface area (Å²) in [7, 11) is 1.56. The minimum absolute atomic E-state index is 0.190. The molecule has 0 heterocycles. The lowest BCUT2D eigenvalue weighted by Gasteiger charge is -2.14. The van der Waals surface area contributed by atoms with Crippen LogP contribution < -0.4 is 15.4 Å². The van der Waals surface area contributed by atoms with Gasteiger partial charge < -0.3 is 15.4 Å². The number of nitrogens with one attached hydrogen (secondary N) is 2. The maximum absolute atomic E-state index is 12.1. The van der Waals surface area contributed by atoms with Crippen molar-refractivity contribution in [3.63, 3.8) is 0 Å². The van der Waals surface area contributed by atoms with Gasteiger partial charge in [0.05, 0.1) is 18.9 Å². The molecule has 1 atom stereocenters. The number of benzene rings is 2. The summed E-state index contributed by atoms with van der Waals surface area (Å²) in [6, 6.07) is 15.9. The standard InChI is InChI=1S/C17H17N3O2/c1-12(11-18)19-15-10-14(8-9-16(15)22-2)20-17(21)13-6-4-3-5-7-13/h3-10,12,19H,1-2H3,(H,20,21). The topological polar surface area (TPSA) is 74.2 Å². The Kier molecular flexibility index (Phi) is 4.99. The van der Waals surface area contributed by atoms with Crippen LogP contribution in [0.1, 0.15) is 17.3 Å². The minimum atomic E-state index is -0.367. The second-order valence-electron chi connectivity index (χ2n) is 4.73. The predicted octanol–water partition coefficient (Wildman–Crippen LogP) is 3.27. The first-order valence-electron chi connectivity index (χ1n) is 6.84. The minimum Gasteiger partial charge on any atom is -0.495 e. The summed E-state index contributed by atoms with van der Waals surface area (Å²) in [4.78, 5) is 12.1. The molecular formula is C17H17N3O2. The smallest absolute Gasteiger partial charge is 0.255 e. The number of rotatable bonds is 5. The highest BCUT2D eigenvalue weighted by Crippen LogP contribution is 2.28. The van der Waals surface area contributed by atoms with Gasteiger partial charge in [0.1, 0.15) is 11.8 Å². The number of methoxy groups -OCH3 is 1. The Hall–Kier alpha value is -3.00. The van der Waals surface area contributed by atoms with Crippen molar-refractivity contribution in [2.45, 2.75) is 13.0 Å². The summed E-state index contributed by atoms with van der Waals surface area (Å²) in [5, 5.41) is 14.8. The van der Waals surface area contributed by atoms with Crippen LogP contribution in [-0.2, 0) is 0 Å². The third kappa shape index (κ3) is 3.76. The van der Waals surface area contributed by atoms with Gasteiger partial charge in [0, 0.05) is 11.3 Å². The third-order valence-corrected chi connectivity index (χ3v) is 3.06. The van der Waals surface area contributed by atoms with Crippen molar-refractivity contribution in [3.05, 3.63) is 54.1 Å². The average Bonchev–Trinajstić information content (AvgIpc) is 2.55. The number of carbonyl (C=O) groups is 1. The number of ether oxygens (including phenoxy) is 1. The molecule has 0 fully saturated rings. The van der Waals surface area contributed by atoms with Crippen LogP contribution in [0.2, 0.25) is 0 Å². The van der Waals surface area contributed by atoms with Gasteiger partial charge in [-0.15, -0.1) is 0 Å². The molecule has 1 amide bonds. The molecule has 2 rings (SSSR count). The van der Waals surface area contributed by atoms with Crippen molar-refractivity contribution in [3.8, 4) is 11.8 Å². The van der Waals surface area contributed by atoms with Gasteiger partial charge in [0.15, 0.2) is 0 Å². The molecule has 5 heteroatoms. The Morgan fingerprint density at radius 3 is 2.59 bits per heavy atom. The predicted molar refractivity (Wildman–Crippen MR) is 86.1 cm³/mol. The molecule has 2 aromatic rings. The van der Waals surface area contributed by atoms with E-state index in [9.17, 15) is 4.79 Å². The van der Waals surface area contributed by atoms with Crippen molar-refractivity contribution in [2.75, 3.05) is 17.7 Å². The molecule has 0 radical (unpaired) electrons. The molecule has 0 aliphatic carbocycles. The normalized spacial score (nSPS) is 11.1. The Labute approximate surface area is 129 Å². The summed E-state index contributed by atoms with van der Waals surface area (Å²) in [6.07, 6.45) is 0. The first-order valence-corrected chi connectivity index (χ1v) is 6.84. The van der Waals surface area contributed by atoms with Gasteiger partial charge in [-0.25, -0.2) is 0 Å². The molecule has 0 aliphatic rings. The summed E-state index contributed by atoms with van der Waals surface area (Å²) < 4.78 is 5.25. The molecule has 0 saturated carbocycles. The van der Waals surface area contributed by atoms with E-state index in [0.29, 0.717) is 22.7 Å². The molecule has 2 aromatic carbocycles. The van der Waals surface area contributed by atoms with Crippen molar-refractivity contribution in [2.24, 2.45) is 0 Å². The molecule has 112 valence electrons. The monoisotopic (exact) mass is 295 g/mol. The van der Waals surface area contributed by atoms with Crippen LogP contribution in [0.4, 0.5) is 11.4 Å². The van der Waals surface area contributed by atoms with Gasteiger partial charge in [-0.1, -0.05) is 18.2 Å². The second-order valence-corrected chi connectivity index (χ2v) is 4.73. The number of anilines is 2. The van der Waals surface area contributed by atoms with Crippen LogP contribution in [0.25, 0.3) is 0 Å². The zero-order valence-corrected chi connectivity index (χ0v) is 12.5. The van der Waals surface area contributed by atoms with Crippen LogP contribution in [0, 0.1) is 11.3 Å². The van der Waals surface area contributed by atoms with Gasteiger partial charge in [0.25, 0.3) is 5.91 Å². The molecule has 0 aliphatic heterocycles. The quantitative estimate of drug-likeness (QED) is 0.887. The number of nitriles is 1. The van der Waals surface area contributed by atoms with Crippen molar-refractivity contribution < 1.29 is 9.53 Å². The van der Waals surface area contributed by atoms with Crippen molar-refractivity contribution in [1.82, 2.24) is 0 Å². The highest BCUT2D eigenvalue weighted by atomic mass is 16.5. The Bertz CT molecular complexity index is 693. The summed E-state index contributed by atoms with van der Waals surface area (Å²) in [5.74, 6) is 0.421. The lowest BCUT2D eigenvalue weighted by Crippen LogP contribution is -2.14. The lowest BCUT2D eigenvalue weighted by molar-refractivity contribution is 0.102. The lowest BCUT2D eigenvalue weighted by atomic mass is 10.2. The molecule has 22 heavy (non-hydrogen) atoms. The van der Waals surface area contributed by atoms with Gasteiger partial charge in [-0.05, 0) is 37.3 Å². The number of nitrogens with zero attached hydrogens (tertiary/aromatic N) is 1. The SMILES string of the molecule is COc1ccc(NC(=O)c2ccccc2)cc1NC(C)C#N. The summed E-state index contributed by atoms with van der Waals surface area (Å²) in [5.41, 5.74) is 1.86. The van der Waals surface area contributed by atoms with E-state index < -0.39 is 0 Å². The van der Waals surface area contributed by atoms with Crippen LogP contribution in [0.3, 0.4) is 0 Å². The van der Waals surface area contributed by atoms with Crippen LogP contribution >= 0.6 is 0 Å². The second kappa shape index (κ2) is 7.14. The number of amides is 1. The molecule has 0 bridgehead atoms. The molecule has 2 N–H and O–H groups in total. The fourth-order valence-electron chi connectivity index (χ4n) is 1.96. The van der Waals surface area contributed by atoms with Crippen LogP contribution in [0.15, 0.2) is 48.5 Å². The Balaban J connectivity index is 2.20.